The van der Waals surface area contributed by atoms with Crippen LogP contribution in [0.1, 0.15) is 387 Å². The van der Waals surface area contributed by atoms with Crippen molar-refractivity contribution in [3.63, 3.8) is 0 Å². The van der Waals surface area contributed by atoms with Gasteiger partial charge < -0.3 is 20.4 Å². The standard InChI is InChI=1S/4C18H34O2.Mo/c4*1-2-3-4-5-6-7-8-9-10-11-12-13-14-15-16-17-18(19)20;/h4*9-10H,2-8,11-17H2,1H3,(H,19,20);/b4*10-9-;. The van der Waals surface area contributed by atoms with Gasteiger partial charge in [0.2, 0.25) is 0 Å². The van der Waals surface area contributed by atoms with Crippen LogP contribution in [0.3, 0.4) is 0 Å². The van der Waals surface area contributed by atoms with Crippen molar-refractivity contribution in [2.45, 2.75) is 387 Å². The Morgan fingerprint density at radius 2 is 0.309 bits per heavy atom. The van der Waals surface area contributed by atoms with Gasteiger partial charge in [-0.25, -0.2) is 0 Å². The van der Waals surface area contributed by atoms with Crippen molar-refractivity contribution in [1.29, 1.82) is 0 Å². The van der Waals surface area contributed by atoms with Crippen LogP contribution in [-0.4, -0.2) is 44.3 Å². The van der Waals surface area contributed by atoms with E-state index < -0.39 is 23.9 Å². The molecule has 0 aliphatic carbocycles. The fraction of sp³-hybridized carbons (Fsp3) is 0.833. The number of rotatable bonds is 60. The number of unbranched alkanes of at least 4 members (excludes halogenated alkanes) is 44. The number of carboxylic acids is 4. The summed E-state index contributed by atoms with van der Waals surface area (Å²) in [4.78, 5) is 41.3. The maximum Gasteiger partial charge on any atom is 0.303 e. The Kier molecular flexibility index (Phi) is 90.5. The first-order valence-electron chi connectivity index (χ1n) is 34.6. The summed E-state index contributed by atoms with van der Waals surface area (Å²) in [5.41, 5.74) is 0. The zero-order valence-electron chi connectivity index (χ0n) is 54.0. The average Bonchev–Trinajstić information content (AvgIpc) is 3.43. The summed E-state index contributed by atoms with van der Waals surface area (Å²) in [7, 11) is 0. The molecule has 0 unspecified atom stereocenters. The molecule has 0 heterocycles. The quantitative estimate of drug-likeness (QED) is 0.0267. The zero-order chi connectivity index (χ0) is 59.6. The van der Waals surface area contributed by atoms with Crippen LogP contribution in [-0.2, 0) is 40.2 Å². The molecule has 0 rings (SSSR count). The van der Waals surface area contributed by atoms with Crippen LogP contribution >= 0.6 is 0 Å². The fourth-order valence-corrected chi connectivity index (χ4v) is 9.39. The van der Waals surface area contributed by atoms with E-state index in [0.29, 0.717) is 25.7 Å². The molecule has 0 aromatic rings. The van der Waals surface area contributed by atoms with Gasteiger partial charge in [-0.2, -0.15) is 0 Å². The Morgan fingerprint density at radius 1 is 0.198 bits per heavy atom. The normalized spacial score (nSPS) is 11.1. The van der Waals surface area contributed by atoms with Crippen LogP contribution < -0.4 is 0 Å². The van der Waals surface area contributed by atoms with Crippen molar-refractivity contribution in [1.82, 2.24) is 0 Å². The van der Waals surface area contributed by atoms with Crippen molar-refractivity contribution in [2.24, 2.45) is 0 Å². The van der Waals surface area contributed by atoms with E-state index in [-0.39, 0.29) is 21.1 Å². The van der Waals surface area contributed by atoms with Crippen LogP contribution in [0.15, 0.2) is 48.6 Å². The van der Waals surface area contributed by atoms with Crippen molar-refractivity contribution in [3.05, 3.63) is 48.6 Å². The van der Waals surface area contributed by atoms with Gasteiger partial charge in [0, 0.05) is 46.7 Å². The van der Waals surface area contributed by atoms with E-state index in [1.165, 1.54) is 283 Å². The smallest absolute Gasteiger partial charge is 0.303 e. The maximum absolute atomic E-state index is 10.3. The SMILES string of the molecule is CCCCCCCC/C=C\CCCCCCCC(=O)O.CCCCCCCC/C=C\CCCCCCCC(=O)O.CCCCCCCC/C=C\CCCCCCCC(=O)O.CCCCCCCC/C=C\CCCCCCCC(=O)O.[Mo]. The van der Waals surface area contributed by atoms with Gasteiger partial charge in [-0.3, -0.25) is 19.2 Å². The molecule has 8 nitrogen and oxygen atoms in total. The average molecular weight is 1230 g/mol. The second kappa shape index (κ2) is 84.0. The molecule has 0 saturated heterocycles. The second-order valence-electron chi connectivity index (χ2n) is 22.9. The molecular formula is C72H136MoO8. The molecule has 0 bridgehead atoms. The third-order valence-corrected chi connectivity index (χ3v) is 14.6. The summed E-state index contributed by atoms with van der Waals surface area (Å²) in [5, 5.41) is 34.0. The molecule has 81 heavy (non-hydrogen) atoms. The Labute approximate surface area is 517 Å². The van der Waals surface area contributed by atoms with Crippen LogP contribution in [0.4, 0.5) is 0 Å². The summed E-state index contributed by atoms with van der Waals surface area (Å²) in [5.74, 6) is -2.66. The van der Waals surface area contributed by atoms with E-state index in [9.17, 15) is 19.2 Å². The van der Waals surface area contributed by atoms with E-state index in [1.807, 2.05) is 0 Å². The molecular weight excluding hydrogens is 1090 g/mol. The number of allylic oxidation sites excluding steroid dienone is 8. The summed E-state index contributed by atoms with van der Waals surface area (Å²) in [6.07, 6.45) is 85.0. The van der Waals surface area contributed by atoms with E-state index in [0.717, 1.165) is 51.4 Å². The molecule has 0 radical (unpaired) electrons. The Balaban J connectivity index is -0.000000316. The van der Waals surface area contributed by atoms with Crippen LogP contribution in [0.5, 0.6) is 0 Å². The van der Waals surface area contributed by atoms with Crippen LogP contribution in [0.2, 0.25) is 0 Å². The molecule has 0 fully saturated rings. The van der Waals surface area contributed by atoms with Crippen molar-refractivity contribution >= 4 is 23.9 Å². The van der Waals surface area contributed by atoms with Gasteiger partial charge in [-0.15, -0.1) is 0 Å². The van der Waals surface area contributed by atoms with Gasteiger partial charge in [0.1, 0.15) is 0 Å². The molecule has 478 valence electrons. The van der Waals surface area contributed by atoms with Crippen molar-refractivity contribution < 1.29 is 60.7 Å². The molecule has 0 atom stereocenters. The van der Waals surface area contributed by atoms with Gasteiger partial charge in [-0.05, 0) is 128 Å². The molecule has 0 aromatic carbocycles. The van der Waals surface area contributed by atoms with Gasteiger partial charge in [0.15, 0.2) is 0 Å². The van der Waals surface area contributed by atoms with E-state index in [4.69, 9.17) is 20.4 Å². The van der Waals surface area contributed by atoms with Crippen LogP contribution in [0, 0.1) is 0 Å². The van der Waals surface area contributed by atoms with E-state index in [2.05, 4.69) is 76.3 Å². The minimum absolute atomic E-state index is 0. The Morgan fingerprint density at radius 3 is 0.432 bits per heavy atom. The van der Waals surface area contributed by atoms with E-state index in [1.54, 1.807) is 0 Å². The Bertz CT molecular complexity index is 1140. The number of aliphatic carboxylic acids is 4. The molecule has 0 saturated carbocycles. The predicted octanol–water partition coefficient (Wildman–Crippen LogP) is 24.4. The first-order valence-corrected chi connectivity index (χ1v) is 34.6. The zero-order valence-corrected chi connectivity index (χ0v) is 56.1. The molecule has 9 heteroatoms. The minimum atomic E-state index is -0.664. The number of hydrogen-bond donors (Lipinski definition) is 4. The number of carbonyl (C=O) groups is 4. The summed E-state index contributed by atoms with van der Waals surface area (Å²) in [6.45, 7) is 9.04. The summed E-state index contributed by atoms with van der Waals surface area (Å²) < 4.78 is 0. The van der Waals surface area contributed by atoms with Gasteiger partial charge >= 0.3 is 23.9 Å². The second-order valence-corrected chi connectivity index (χ2v) is 22.9. The number of hydrogen-bond acceptors (Lipinski definition) is 4. The van der Waals surface area contributed by atoms with Gasteiger partial charge in [0.05, 0.1) is 0 Å². The molecule has 0 aliphatic heterocycles. The summed E-state index contributed by atoms with van der Waals surface area (Å²) >= 11 is 0. The van der Waals surface area contributed by atoms with Crippen LogP contribution in [0.25, 0.3) is 0 Å². The molecule has 4 N–H and O–H groups in total. The minimum Gasteiger partial charge on any atom is -0.481 e. The first-order chi connectivity index (χ1) is 39.1. The Hall–Kier alpha value is -2.47. The van der Waals surface area contributed by atoms with Gasteiger partial charge in [0.25, 0.3) is 0 Å². The monoisotopic (exact) mass is 1230 g/mol. The number of carboxylic acid groups (broad SMARTS) is 4. The first kappa shape index (κ1) is 87.3. The predicted molar refractivity (Wildman–Crippen MR) is 348 cm³/mol. The molecule has 0 aromatic heterocycles. The van der Waals surface area contributed by atoms with Gasteiger partial charge in [-0.1, -0.05) is 282 Å². The topological polar surface area (TPSA) is 149 Å². The third kappa shape index (κ3) is 103. The van der Waals surface area contributed by atoms with Crippen molar-refractivity contribution in [2.75, 3.05) is 0 Å². The van der Waals surface area contributed by atoms with Crippen molar-refractivity contribution in [3.8, 4) is 0 Å². The summed E-state index contributed by atoms with van der Waals surface area (Å²) in [6, 6.07) is 0. The molecule has 0 aliphatic rings. The maximum atomic E-state index is 10.3. The molecule has 0 amide bonds. The van der Waals surface area contributed by atoms with E-state index >= 15 is 0 Å². The third-order valence-electron chi connectivity index (χ3n) is 14.6. The fourth-order valence-electron chi connectivity index (χ4n) is 9.39. The largest absolute Gasteiger partial charge is 0.481 e. The molecule has 0 spiro atoms.